The molecule has 17 nitrogen and oxygen atoms in total. The minimum Gasteiger partial charge on any atom is -0.508 e. The molecule has 10 N–H and O–H groups in total. The molecule has 1 saturated heterocycles. The number of rotatable bonds is 17. The summed E-state index contributed by atoms with van der Waals surface area (Å²) in [6, 6.07) is 8.34. The zero-order valence-corrected chi connectivity index (χ0v) is 27.7. The van der Waals surface area contributed by atoms with Gasteiger partial charge in [0.25, 0.3) is 0 Å². The van der Waals surface area contributed by atoms with Crippen LogP contribution in [0, 0.1) is 0 Å². The van der Waals surface area contributed by atoms with Crippen molar-refractivity contribution in [1.82, 2.24) is 36.1 Å². The molecule has 0 spiro atoms. The highest BCUT2D eigenvalue weighted by Gasteiger charge is 2.40. The summed E-state index contributed by atoms with van der Waals surface area (Å²) in [5.74, 6) is -4.94. The van der Waals surface area contributed by atoms with E-state index in [0.717, 1.165) is 0 Å². The second-order valence-electron chi connectivity index (χ2n) is 12.1. The number of aromatic nitrogens is 2. The fraction of sp³-hybridized carbons (Fsp3) is 0.382. The predicted molar refractivity (Wildman–Crippen MR) is 180 cm³/mol. The van der Waals surface area contributed by atoms with E-state index in [9.17, 15) is 44.1 Å². The third kappa shape index (κ3) is 10.8. The van der Waals surface area contributed by atoms with Crippen LogP contribution in [0.4, 0.5) is 0 Å². The first-order valence-electron chi connectivity index (χ1n) is 16.3. The number of aromatic amines is 1. The molecule has 51 heavy (non-hydrogen) atoms. The molecule has 3 aromatic rings. The average molecular weight is 707 g/mol. The highest BCUT2D eigenvalue weighted by Crippen LogP contribution is 2.20. The first kappa shape index (κ1) is 38.0. The molecule has 1 aliphatic heterocycles. The molecule has 272 valence electrons. The standard InChI is InChI=1S/C34H42N8O9/c35-16-29(45)38-24(13-21-8-10-23(44)11-9-21)30(46)41-27(18-43)31(47)39-25(15-22-17-36-19-37-22)33(49)42-12-4-7-28(42)32(48)40-26(34(50)51)14-20-5-2-1-3-6-20/h1-3,5-6,8-11,17,19,24-28,43-44H,4,7,12-16,18,35H2,(H,36,37)(H,38,45)(H,39,47)(H,40,48)(H,41,46)(H,50,51)/t24-,25-,26-,27-,28-/m0/s1. The van der Waals surface area contributed by atoms with Crippen molar-refractivity contribution in [3.63, 3.8) is 0 Å². The van der Waals surface area contributed by atoms with Crippen molar-refractivity contribution in [2.24, 2.45) is 5.73 Å². The topological polar surface area (TPSA) is 269 Å². The Labute approximate surface area is 293 Å². The Kier molecular flexibility index (Phi) is 13.6. The van der Waals surface area contributed by atoms with Gasteiger partial charge in [-0.15, -0.1) is 0 Å². The fourth-order valence-electron chi connectivity index (χ4n) is 5.71. The fourth-order valence-corrected chi connectivity index (χ4v) is 5.71. The number of carbonyl (C=O) groups is 6. The third-order valence-electron chi connectivity index (χ3n) is 8.36. The van der Waals surface area contributed by atoms with Gasteiger partial charge in [0, 0.05) is 37.7 Å². The van der Waals surface area contributed by atoms with Gasteiger partial charge < -0.3 is 52.2 Å². The number of likely N-dealkylation sites (tertiary alicyclic amines) is 1. The average Bonchev–Trinajstić information content (AvgIpc) is 3.83. The van der Waals surface area contributed by atoms with Crippen LogP contribution in [0.1, 0.15) is 29.7 Å². The SMILES string of the molecule is NCC(=O)N[C@@H](Cc1ccc(O)cc1)C(=O)N[C@@H](CO)C(=O)N[C@@H](Cc1cnc[nH]1)C(=O)N1CCC[C@H]1C(=O)N[C@@H](Cc1ccccc1)C(=O)O. The Balaban J connectivity index is 1.48. The summed E-state index contributed by atoms with van der Waals surface area (Å²) < 4.78 is 0. The number of carboxylic acids is 1. The minimum atomic E-state index is -1.56. The molecule has 17 heteroatoms. The normalized spacial score (nSPS) is 16.3. The maximum absolute atomic E-state index is 14.0. The maximum Gasteiger partial charge on any atom is 0.326 e. The monoisotopic (exact) mass is 706 g/mol. The van der Waals surface area contributed by atoms with Gasteiger partial charge in [0.2, 0.25) is 29.5 Å². The quantitative estimate of drug-likeness (QED) is 0.0749. The van der Waals surface area contributed by atoms with Gasteiger partial charge in [0.1, 0.15) is 36.0 Å². The summed E-state index contributed by atoms with van der Waals surface area (Å²) >= 11 is 0. The van der Waals surface area contributed by atoms with Crippen molar-refractivity contribution in [2.45, 2.75) is 62.3 Å². The Bertz CT molecular complexity index is 1650. The molecule has 0 bridgehead atoms. The van der Waals surface area contributed by atoms with E-state index in [4.69, 9.17) is 5.73 Å². The Morgan fingerprint density at radius 3 is 2.12 bits per heavy atom. The summed E-state index contributed by atoms with van der Waals surface area (Å²) in [6.07, 6.45) is 3.42. The van der Waals surface area contributed by atoms with Crippen LogP contribution in [0.5, 0.6) is 5.75 Å². The second kappa shape index (κ2) is 18.3. The van der Waals surface area contributed by atoms with Crippen molar-refractivity contribution < 1.29 is 44.1 Å². The summed E-state index contributed by atoms with van der Waals surface area (Å²) in [5.41, 5.74) is 7.15. The molecule has 1 fully saturated rings. The molecule has 4 rings (SSSR count). The first-order valence-corrected chi connectivity index (χ1v) is 16.3. The predicted octanol–water partition coefficient (Wildman–Crippen LogP) is -1.89. The number of carbonyl (C=O) groups excluding carboxylic acids is 5. The summed E-state index contributed by atoms with van der Waals surface area (Å²) in [4.78, 5) is 86.5. The number of phenols is 1. The lowest BCUT2D eigenvalue weighted by atomic mass is 10.0. The van der Waals surface area contributed by atoms with Crippen LogP contribution in [0.15, 0.2) is 67.1 Å². The number of aliphatic carboxylic acids is 1. The van der Waals surface area contributed by atoms with Crippen LogP contribution in [-0.4, -0.2) is 116 Å². The van der Waals surface area contributed by atoms with Gasteiger partial charge in [0.05, 0.1) is 19.5 Å². The summed E-state index contributed by atoms with van der Waals surface area (Å²) in [5, 5.41) is 39.5. The molecule has 0 unspecified atom stereocenters. The zero-order valence-electron chi connectivity index (χ0n) is 27.7. The first-order chi connectivity index (χ1) is 24.5. The van der Waals surface area contributed by atoms with E-state index in [2.05, 4.69) is 31.2 Å². The number of nitrogens with two attached hydrogens (primary N) is 1. The van der Waals surface area contributed by atoms with E-state index in [1.165, 1.54) is 29.6 Å². The summed E-state index contributed by atoms with van der Waals surface area (Å²) in [6.45, 7) is -1.13. The molecule has 0 aliphatic carbocycles. The van der Waals surface area contributed by atoms with E-state index < -0.39 is 78.9 Å². The third-order valence-corrected chi connectivity index (χ3v) is 8.36. The number of H-pyrrole nitrogens is 1. The lowest BCUT2D eigenvalue weighted by molar-refractivity contribution is -0.145. The largest absolute Gasteiger partial charge is 0.508 e. The molecule has 1 aromatic heterocycles. The molecule has 1 aliphatic rings. The van der Waals surface area contributed by atoms with Crippen LogP contribution in [-0.2, 0) is 48.0 Å². The van der Waals surface area contributed by atoms with E-state index in [1.807, 2.05) is 0 Å². The number of benzene rings is 2. The van der Waals surface area contributed by atoms with E-state index in [-0.39, 0.29) is 38.0 Å². The van der Waals surface area contributed by atoms with Crippen molar-refractivity contribution in [3.8, 4) is 5.75 Å². The van der Waals surface area contributed by atoms with Crippen LogP contribution in [0.25, 0.3) is 0 Å². The van der Waals surface area contributed by atoms with Gasteiger partial charge in [0.15, 0.2) is 0 Å². The van der Waals surface area contributed by atoms with Gasteiger partial charge in [-0.2, -0.15) is 0 Å². The van der Waals surface area contributed by atoms with Crippen molar-refractivity contribution >= 4 is 35.5 Å². The molecular formula is C34H42N8O9. The number of nitrogens with zero attached hydrogens (tertiary/aromatic N) is 2. The highest BCUT2D eigenvalue weighted by atomic mass is 16.4. The van der Waals surface area contributed by atoms with Gasteiger partial charge in [-0.1, -0.05) is 42.5 Å². The maximum atomic E-state index is 14.0. The lowest BCUT2D eigenvalue weighted by Gasteiger charge is -2.30. The van der Waals surface area contributed by atoms with Crippen molar-refractivity contribution in [2.75, 3.05) is 19.7 Å². The second-order valence-corrected chi connectivity index (χ2v) is 12.1. The number of aromatic hydroxyl groups is 1. The highest BCUT2D eigenvalue weighted by molar-refractivity contribution is 5.96. The number of aliphatic hydroxyl groups is 1. The van der Waals surface area contributed by atoms with E-state index in [1.54, 1.807) is 42.5 Å². The number of aliphatic hydroxyl groups excluding tert-OH is 1. The number of carboxylic acid groups (broad SMARTS) is 1. The minimum absolute atomic E-state index is 0.00427. The smallest absolute Gasteiger partial charge is 0.326 e. The Morgan fingerprint density at radius 1 is 0.843 bits per heavy atom. The van der Waals surface area contributed by atoms with Crippen molar-refractivity contribution in [1.29, 1.82) is 0 Å². The van der Waals surface area contributed by atoms with Gasteiger partial charge >= 0.3 is 5.97 Å². The van der Waals surface area contributed by atoms with Crippen LogP contribution < -0.4 is 27.0 Å². The van der Waals surface area contributed by atoms with Crippen LogP contribution in [0.3, 0.4) is 0 Å². The van der Waals surface area contributed by atoms with Gasteiger partial charge in [-0.25, -0.2) is 9.78 Å². The van der Waals surface area contributed by atoms with Crippen LogP contribution >= 0.6 is 0 Å². The Morgan fingerprint density at radius 2 is 1.49 bits per heavy atom. The number of phenolic OH excluding ortho intramolecular Hbond substituents is 1. The molecule has 5 atom stereocenters. The molecule has 0 radical (unpaired) electrons. The van der Waals surface area contributed by atoms with E-state index >= 15 is 0 Å². The van der Waals surface area contributed by atoms with Crippen LogP contribution in [0.2, 0.25) is 0 Å². The molecule has 0 saturated carbocycles. The van der Waals surface area contributed by atoms with Gasteiger partial charge in [-0.3, -0.25) is 24.0 Å². The lowest BCUT2D eigenvalue weighted by Crippen LogP contribution is -2.60. The number of hydrogen-bond donors (Lipinski definition) is 9. The summed E-state index contributed by atoms with van der Waals surface area (Å²) in [7, 11) is 0. The van der Waals surface area contributed by atoms with E-state index in [0.29, 0.717) is 23.2 Å². The number of amides is 5. The number of hydrogen-bond acceptors (Lipinski definition) is 10. The number of imidazole rings is 1. The molecule has 2 aromatic carbocycles. The van der Waals surface area contributed by atoms with Gasteiger partial charge in [-0.05, 0) is 36.1 Å². The van der Waals surface area contributed by atoms with Crippen molar-refractivity contribution in [3.05, 3.63) is 83.9 Å². The molecular weight excluding hydrogens is 664 g/mol. The number of nitrogens with one attached hydrogen (secondary N) is 5. The Hall–Kier alpha value is -5.81. The molecule has 5 amide bonds. The molecule has 2 heterocycles. The zero-order chi connectivity index (χ0) is 36.9.